The Bertz CT molecular complexity index is 161. The number of hydrogen-bond acceptors (Lipinski definition) is 1. The van der Waals surface area contributed by atoms with E-state index in [1.165, 1.54) is 32.1 Å². The van der Waals surface area contributed by atoms with Gasteiger partial charge in [0.25, 0.3) is 0 Å². The summed E-state index contributed by atoms with van der Waals surface area (Å²) in [5.41, 5.74) is 0. The normalized spacial score (nSPS) is 21.1. The summed E-state index contributed by atoms with van der Waals surface area (Å²) in [6.45, 7) is 3.78. The van der Waals surface area contributed by atoms with Crippen molar-refractivity contribution < 1.29 is 4.79 Å². The summed E-state index contributed by atoms with van der Waals surface area (Å²) in [4.78, 5) is 10.9. The Morgan fingerprint density at radius 2 is 2.00 bits per heavy atom. The van der Waals surface area contributed by atoms with Gasteiger partial charge in [0, 0.05) is 13.0 Å². The fourth-order valence-electron chi connectivity index (χ4n) is 2.35. The second-order valence-electron chi connectivity index (χ2n) is 4.11. The average Bonchev–Trinajstić information content (AvgIpc) is 2.15. The van der Waals surface area contributed by atoms with Gasteiger partial charge in [-0.05, 0) is 25.2 Å². The highest BCUT2D eigenvalue weighted by Crippen LogP contribution is 2.27. The summed E-state index contributed by atoms with van der Waals surface area (Å²) in [5.74, 6) is 0.861. The Hall–Kier alpha value is -0.530. The van der Waals surface area contributed by atoms with Crippen LogP contribution in [0.4, 0.5) is 0 Å². The fraction of sp³-hybridized carbons (Fsp3) is 0.909. The molecule has 0 unspecified atom stereocenters. The number of nitrogens with one attached hydrogen (secondary N) is 1. The van der Waals surface area contributed by atoms with Gasteiger partial charge in [-0.3, -0.25) is 4.79 Å². The molecule has 0 aromatic heterocycles. The van der Waals surface area contributed by atoms with Crippen LogP contribution in [-0.4, -0.2) is 11.9 Å². The molecular weight excluding hydrogens is 162 g/mol. The summed E-state index contributed by atoms with van der Waals surface area (Å²) < 4.78 is 0. The molecule has 1 fully saturated rings. The Kier molecular flexibility index (Phi) is 4.26. The first-order valence-electron chi connectivity index (χ1n) is 5.51. The maximum absolute atomic E-state index is 10.9. The monoisotopic (exact) mass is 183 g/mol. The molecule has 1 aliphatic carbocycles. The van der Waals surface area contributed by atoms with Crippen molar-refractivity contribution >= 4 is 5.91 Å². The van der Waals surface area contributed by atoms with Gasteiger partial charge in [0.05, 0.1) is 0 Å². The number of amides is 1. The predicted octanol–water partition coefficient (Wildman–Crippen LogP) is 2.48. The van der Waals surface area contributed by atoms with E-state index in [0.29, 0.717) is 6.04 Å². The third-order valence-corrected chi connectivity index (χ3v) is 3.05. The number of hydrogen-bond donors (Lipinski definition) is 1. The summed E-state index contributed by atoms with van der Waals surface area (Å²) in [5, 5.41) is 3.06. The molecule has 1 atom stereocenters. The second-order valence-corrected chi connectivity index (χ2v) is 4.11. The largest absolute Gasteiger partial charge is 0.353 e. The first-order valence-corrected chi connectivity index (χ1v) is 5.51. The molecule has 0 aromatic rings. The minimum absolute atomic E-state index is 0.123. The lowest BCUT2D eigenvalue weighted by Crippen LogP contribution is -2.39. The fourth-order valence-corrected chi connectivity index (χ4v) is 2.35. The molecule has 0 saturated heterocycles. The lowest BCUT2D eigenvalue weighted by Gasteiger charge is -2.29. The zero-order chi connectivity index (χ0) is 9.68. The zero-order valence-electron chi connectivity index (χ0n) is 8.81. The lowest BCUT2D eigenvalue weighted by molar-refractivity contribution is -0.120. The van der Waals surface area contributed by atoms with Crippen LogP contribution in [0.15, 0.2) is 0 Å². The van der Waals surface area contributed by atoms with E-state index < -0.39 is 0 Å². The van der Waals surface area contributed by atoms with E-state index in [1.807, 2.05) is 0 Å². The second kappa shape index (κ2) is 5.25. The minimum atomic E-state index is 0.123. The smallest absolute Gasteiger partial charge is 0.217 e. The van der Waals surface area contributed by atoms with Crippen LogP contribution < -0.4 is 5.32 Å². The molecule has 76 valence electrons. The summed E-state index contributed by atoms with van der Waals surface area (Å²) >= 11 is 0. The molecule has 1 saturated carbocycles. The Labute approximate surface area is 81.1 Å². The van der Waals surface area contributed by atoms with Crippen LogP contribution in [0.5, 0.6) is 0 Å². The van der Waals surface area contributed by atoms with Crippen LogP contribution in [0.2, 0.25) is 0 Å². The van der Waals surface area contributed by atoms with E-state index in [9.17, 15) is 4.79 Å². The molecule has 1 aliphatic rings. The van der Waals surface area contributed by atoms with Crippen LogP contribution in [0.3, 0.4) is 0 Å². The minimum Gasteiger partial charge on any atom is -0.353 e. The highest BCUT2D eigenvalue weighted by atomic mass is 16.1. The highest BCUT2D eigenvalue weighted by Gasteiger charge is 2.22. The molecule has 1 rings (SSSR count). The van der Waals surface area contributed by atoms with Gasteiger partial charge >= 0.3 is 0 Å². The number of carbonyl (C=O) groups is 1. The van der Waals surface area contributed by atoms with Crippen molar-refractivity contribution in [1.29, 1.82) is 0 Å². The van der Waals surface area contributed by atoms with E-state index in [2.05, 4.69) is 12.2 Å². The van der Waals surface area contributed by atoms with Gasteiger partial charge < -0.3 is 5.32 Å². The summed E-state index contributed by atoms with van der Waals surface area (Å²) in [6.07, 6.45) is 7.76. The molecule has 0 aliphatic heterocycles. The maximum Gasteiger partial charge on any atom is 0.217 e. The topological polar surface area (TPSA) is 29.1 Å². The SMILES string of the molecule is CC[C@H](NC(C)=O)C1CCCCC1. The van der Waals surface area contributed by atoms with E-state index in [-0.39, 0.29) is 5.91 Å². The molecule has 0 bridgehead atoms. The molecule has 1 N–H and O–H groups in total. The number of rotatable bonds is 3. The molecule has 2 heteroatoms. The summed E-state index contributed by atoms with van der Waals surface area (Å²) in [6, 6.07) is 0.429. The van der Waals surface area contributed by atoms with E-state index in [1.54, 1.807) is 6.92 Å². The van der Waals surface area contributed by atoms with Crippen LogP contribution in [0.1, 0.15) is 52.4 Å². The van der Waals surface area contributed by atoms with Crippen molar-refractivity contribution in [1.82, 2.24) is 5.32 Å². The van der Waals surface area contributed by atoms with Crippen molar-refractivity contribution in [3.05, 3.63) is 0 Å². The third-order valence-electron chi connectivity index (χ3n) is 3.05. The molecule has 0 radical (unpaired) electrons. The van der Waals surface area contributed by atoms with Crippen LogP contribution >= 0.6 is 0 Å². The van der Waals surface area contributed by atoms with E-state index in [4.69, 9.17) is 0 Å². The van der Waals surface area contributed by atoms with Crippen molar-refractivity contribution in [3.8, 4) is 0 Å². The van der Waals surface area contributed by atoms with Crippen LogP contribution in [0.25, 0.3) is 0 Å². The van der Waals surface area contributed by atoms with Crippen molar-refractivity contribution in [3.63, 3.8) is 0 Å². The van der Waals surface area contributed by atoms with Gasteiger partial charge in [-0.15, -0.1) is 0 Å². The lowest BCUT2D eigenvalue weighted by atomic mass is 9.83. The third kappa shape index (κ3) is 3.37. The molecule has 0 spiro atoms. The van der Waals surface area contributed by atoms with Gasteiger partial charge in [0.15, 0.2) is 0 Å². The number of carbonyl (C=O) groups excluding carboxylic acids is 1. The Morgan fingerprint density at radius 1 is 1.38 bits per heavy atom. The zero-order valence-corrected chi connectivity index (χ0v) is 8.81. The van der Waals surface area contributed by atoms with Gasteiger partial charge in [0.1, 0.15) is 0 Å². The first-order chi connectivity index (χ1) is 6.24. The molecular formula is C11H21NO. The quantitative estimate of drug-likeness (QED) is 0.715. The molecule has 1 amide bonds. The summed E-state index contributed by atoms with van der Waals surface area (Å²) in [7, 11) is 0. The Balaban J connectivity index is 2.39. The molecule has 13 heavy (non-hydrogen) atoms. The van der Waals surface area contributed by atoms with Crippen molar-refractivity contribution in [2.24, 2.45) is 5.92 Å². The molecule has 0 aromatic carbocycles. The van der Waals surface area contributed by atoms with Crippen LogP contribution in [0, 0.1) is 5.92 Å². The van der Waals surface area contributed by atoms with Gasteiger partial charge in [-0.2, -0.15) is 0 Å². The predicted molar refractivity (Wildman–Crippen MR) is 54.5 cm³/mol. The van der Waals surface area contributed by atoms with Crippen LogP contribution in [-0.2, 0) is 4.79 Å². The van der Waals surface area contributed by atoms with Crippen molar-refractivity contribution in [2.45, 2.75) is 58.4 Å². The molecule has 2 nitrogen and oxygen atoms in total. The standard InChI is InChI=1S/C11H21NO/c1-3-11(12-9(2)13)10-7-5-4-6-8-10/h10-11H,3-8H2,1-2H3,(H,12,13)/t11-/m0/s1. The average molecular weight is 183 g/mol. The molecule has 0 heterocycles. The van der Waals surface area contributed by atoms with Gasteiger partial charge in [0.2, 0.25) is 5.91 Å². The highest BCUT2D eigenvalue weighted by molar-refractivity contribution is 5.73. The van der Waals surface area contributed by atoms with Crippen molar-refractivity contribution in [2.75, 3.05) is 0 Å². The van der Waals surface area contributed by atoms with Gasteiger partial charge in [-0.25, -0.2) is 0 Å². The van der Waals surface area contributed by atoms with Gasteiger partial charge in [-0.1, -0.05) is 26.2 Å². The Morgan fingerprint density at radius 3 is 2.46 bits per heavy atom. The van der Waals surface area contributed by atoms with E-state index >= 15 is 0 Å². The maximum atomic E-state index is 10.9. The van der Waals surface area contributed by atoms with E-state index in [0.717, 1.165) is 12.3 Å². The first kappa shape index (κ1) is 10.6.